The summed E-state index contributed by atoms with van der Waals surface area (Å²) in [4.78, 5) is 27.6. The van der Waals surface area contributed by atoms with E-state index in [1.807, 2.05) is 0 Å². The van der Waals surface area contributed by atoms with Crippen molar-refractivity contribution in [2.45, 2.75) is 51.2 Å². The number of halogens is 1. The van der Waals surface area contributed by atoms with Crippen LogP contribution in [0.25, 0.3) is 0 Å². The summed E-state index contributed by atoms with van der Waals surface area (Å²) in [7, 11) is 0. The van der Waals surface area contributed by atoms with Crippen molar-refractivity contribution in [1.29, 1.82) is 0 Å². The topological polar surface area (TPSA) is 52.7 Å². The van der Waals surface area contributed by atoms with Crippen LogP contribution in [0.3, 0.4) is 0 Å². The molecule has 5 nitrogen and oxygen atoms in total. The van der Waals surface area contributed by atoms with E-state index in [2.05, 4.69) is 5.32 Å². The molecule has 6 heteroatoms. The first-order valence-electron chi connectivity index (χ1n) is 8.60. The van der Waals surface area contributed by atoms with Gasteiger partial charge in [-0.15, -0.1) is 0 Å². The Morgan fingerprint density at radius 3 is 2.62 bits per heavy atom. The van der Waals surface area contributed by atoms with Gasteiger partial charge in [0.05, 0.1) is 6.54 Å². The van der Waals surface area contributed by atoms with Gasteiger partial charge in [-0.05, 0) is 31.7 Å². The maximum atomic E-state index is 13.9. The van der Waals surface area contributed by atoms with E-state index >= 15 is 0 Å². The summed E-state index contributed by atoms with van der Waals surface area (Å²) >= 11 is 0. The molecule has 1 heterocycles. The van der Waals surface area contributed by atoms with Crippen LogP contribution in [0.15, 0.2) is 24.3 Å². The summed E-state index contributed by atoms with van der Waals surface area (Å²) in [5.41, 5.74) is 0.538. The Labute approximate surface area is 141 Å². The molecule has 1 atom stereocenters. The molecular formula is C18H24FN3O2. The standard InChI is InChI=1S/C18H24FN3O2/c1-13(23)21-10-9-15(12-21)20-18(24)22(16-6-4-7-16)11-14-5-2-3-8-17(14)19/h2-3,5,8,15-16H,4,6-7,9-12H2,1H3,(H,20,24)/t15-/m0/s1. The predicted molar refractivity (Wildman–Crippen MR) is 88.8 cm³/mol. The number of hydrogen-bond acceptors (Lipinski definition) is 2. The van der Waals surface area contributed by atoms with Gasteiger partial charge in [-0.25, -0.2) is 9.18 Å². The van der Waals surface area contributed by atoms with Crippen LogP contribution in [0.4, 0.5) is 9.18 Å². The Morgan fingerprint density at radius 1 is 1.29 bits per heavy atom. The summed E-state index contributed by atoms with van der Waals surface area (Å²) in [6, 6.07) is 6.59. The lowest BCUT2D eigenvalue weighted by Gasteiger charge is -2.38. The second-order valence-electron chi connectivity index (χ2n) is 6.70. The molecule has 1 saturated carbocycles. The summed E-state index contributed by atoms with van der Waals surface area (Å²) in [5.74, 6) is -0.243. The second kappa shape index (κ2) is 7.20. The Morgan fingerprint density at radius 2 is 2.04 bits per heavy atom. The largest absolute Gasteiger partial charge is 0.341 e. The van der Waals surface area contributed by atoms with Crippen molar-refractivity contribution in [3.63, 3.8) is 0 Å². The number of carbonyl (C=O) groups is 2. The van der Waals surface area contributed by atoms with Crippen LogP contribution < -0.4 is 5.32 Å². The number of benzene rings is 1. The van der Waals surface area contributed by atoms with E-state index in [9.17, 15) is 14.0 Å². The molecule has 130 valence electrons. The number of likely N-dealkylation sites (tertiary alicyclic amines) is 1. The van der Waals surface area contributed by atoms with Gasteiger partial charge in [-0.2, -0.15) is 0 Å². The molecule has 0 unspecified atom stereocenters. The van der Waals surface area contributed by atoms with Crippen molar-refractivity contribution in [3.8, 4) is 0 Å². The van der Waals surface area contributed by atoms with E-state index in [-0.39, 0.29) is 36.4 Å². The normalized spacial score (nSPS) is 20.6. The van der Waals surface area contributed by atoms with Crippen molar-refractivity contribution in [2.24, 2.45) is 0 Å². The minimum atomic E-state index is -0.279. The molecule has 0 aromatic heterocycles. The van der Waals surface area contributed by atoms with Crippen LogP contribution in [-0.4, -0.2) is 46.9 Å². The summed E-state index contributed by atoms with van der Waals surface area (Å²) in [5, 5.41) is 3.02. The zero-order valence-corrected chi connectivity index (χ0v) is 14.0. The predicted octanol–water partition coefficient (Wildman–Crippen LogP) is 2.51. The highest BCUT2D eigenvalue weighted by atomic mass is 19.1. The number of carbonyl (C=O) groups excluding carboxylic acids is 2. The number of urea groups is 1. The van der Waals surface area contributed by atoms with E-state index in [1.165, 1.54) is 6.07 Å². The number of nitrogens with zero attached hydrogens (tertiary/aromatic N) is 2. The van der Waals surface area contributed by atoms with Gasteiger partial charge in [0, 0.05) is 37.7 Å². The van der Waals surface area contributed by atoms with Crippen molar-refractivity contribution in [1.82, 2.24) is 15.1 Å². The number of rotatable bonds is 4. The number of amides is 3. The highest BCUT2D eigenvalue weighted by Crippen LogP contribution is 2.27. The van der Waals surface area contributed by atoms with Crippen LogP contribution in [0, 0.1) is 5.82 Å². The summed E-state index contributed by atoms with van der Waals surface area (Å²) < 4.78 is 13.9. The van der Waals surface area contributed by atoms with Gasteiger partial charge in [0.15, 0.2) is 0 Å². The third-order valence-corrected chi connectivity index (χ3v) is 5.04. The van der Waals surface area contributed by atoms with Crippen molar-refractivity contribution >= 4 is 11.9 Å². The average molecular weight is 333 g/mol. The van der Waals surface area contributed by atoms with E-state index in [1.54, 1.807) is 34.9 Å². The molecule has 3 amide bonds. The van der Waals surface area contributed by atoms with Gasteiger partial charge in [0.2, 0.25) is 5.91 Å². The molecular weight excluding hydrogens is 309 g/mol. The minimum absolute atomic E-state index is 0.0235. The molecule has 1 N–H and O–H groups in total. The van der Waals surface area contributed by atoms with Gasteiger partial charge in [0.25, 0.3) is 0 Å². The monoisotopic (exact) mass is 333 g/mol. The third-order valence-electron chi connectivity index (χ3n) is 5.04. The average Bonchev–Trinajstić information content (AvgIpc) is 2.95. The van der Waals surface area contributed by atoms with Gasteiger partial charge in [-0.3, -0.25) is 4.79 Å². The first-order chi connectivity index (χ1) is 11.5. The fourth-order valence-corrected chi connectivity index (χ4v) is 3.30. The lowest BCUT2D eigenvalue weighted by molar-refractivity contribution is -0.127. The van der Waals surface area contributed by atoms with Crippen LogP contribution >= 0.6 is 0 Å². The van der Waals surface area contributed by atoms with Crippen LogP contribution in [0.1, 0.15) is 38.2 Å². The molecule has 1 aromatic rings. The van der Waals surface area contributed by atoms with Crippen LogP contribution in [0.5, 0.6) is 0 Å². The van der Waals surface area contributed by atoms with Gasteiger partial charge < -0.3 is 15.1 Å². The Hall–Kier alpha value is -2.11. The molecule has 1 saturated heterocycles. The molecule has 0 spiro atoms. The third kappa shape index (κ3) is 3.68. The zero-order chi connectivity index (χ0) is 17.1. The lowest BCUT2D eigenvalue weighted by atomic mass is 9.91. The molecule has 1 aromatic carbocycles. The van der Waals surface area contributed by atoms with Crippen molar-refractivity contribution in [3.05, 3.63) is 35.6 Å². The molecule has 0 bridgehead atoms. The van der Waals surface area contributed by atoms with E-state index in [0.717, 1.165) is 25.7 Å². The smallest absolute Gasteiger partial charge is 0.318 e. The van der Waals surface area contributed by atoms with Crippen molar-refractivity contribution in [2.75, 3.05) is 13.1 Å². The molecule has 2 fully saturated rings. The van der Waals surface area contributed by atoms with E-state index < -0.39 is 0 Å². The van der Waals surface area contributed by atoms with E-state index in [4.69, 9.17) is 0 Å². The highest BCUT2D eigenvalue weighted by molar-refractivity contribution is 5.76. The highest BCUT2D eigenvalue weighted by Gasteiger charge is 2.32. The minimum Gasteiger partial charge on any atom is -0.341 e. The summed E-state index contributed by atoms with van der Waals surface area (Å²) in [6.45, 7) is 3.06. The van der Waals surface area contributed by atoms with Crippen LogP contribution in [0.2, 0.25) is 0 Å². The Balaban J connectivity index is 1.64. The first-order valence-corrected chi connectivity index (χ1v) is 8.60. The molecule has 24 heavy (non-hydrogen) atoms. The Bertz CT molecular complexity index is 618. The summed E-state index contributed by atoms with van der Waals surface area (Å²) in [6.07, 6.45) is 3.80. The quantitative estimate of drug-likeness (QED) is 0.920. The lowest BCUT2D eigenvalue weighted by Crippen LogP contribution is -2.51. The molecule has 0 radical (unpaired) electrons. The van der Waals surface area contributed by atoms with Gasteiger partial charge in [-0.1, -0.05) is 18.2 Å². The molecule has 3 rings (SSSR count). The maximum absolute atomic E-state index is 13.9. The van der Waals surface area contributed by atoms with Gasteiger partial charge >= 0.3 is 6.03 Å². The Kier molecular flexibility index (Phi) is 5.02. The first kappa shape index (κ1) is 16.7. The van der Waals surface area contributed by atoms with Crippen LogP contribution in [-0.2, 0) is 11.3 Å². The maximum Gasteiger partial charge on any atom is 0.318 e. The fraction of sp³-hybridized carbons (Fsp3) is 0.556. The zero-order valence-electron chi connectivity index (χ0n) is 14.0. The van der Waals surface area contributed by atoms with E-state index in [0.29, 0.717) is 18.7 Å². The number of nitrogens with one attached hydrogen (secondary N) is 1. The fourth-order valence-electron chi connectivity index (χ4n) is 3.30. The van der Waals surface area contributed by atoms with Gasteiger partial charge in [0.1, 0.15) is 5.82 Å². The number of hydrogen-bond donors (Lipinski definition) is 1. The van der Waals surface area contributed by atoms with Crippen molar-refractivity contribution < 1.29 is 14.0 Å². The SMILES string of the molecule is CC(=O)N1CC[C@H](NC(=O)N(Cc2ccccc2F)C2CCC2)C1. The second-order valence-corrected chi connectivity index (χ2v) is 6.70. The molecule has 1 aliphatic heterocycles. The molecule has 2 aliphatic rings. The molecule has 1 aliphatic carbocycles.